The number of nitrogens with zero attached hydrogens (tertiary/aromatic N) is 2. The summed E-state index contributed by atoms with van der Waals surface area (Å²) in [5.41, 5.74) is 7.61. The van der Waals surface area contributed by atoms with Crippen LogP contribution in [0.5, 0.6) is 0 Å². The summed E-state index contributed by atoms with van der Waals surface area (Å²) in [4.78, 5) is 0. The van der Waals surface area contributed by atoms with E-state index in [1.807, 2.05) is 38.2 Å². The molecule has 0 saturated carbocycles. The van der Waals surface area contributed by atoms with E-state index in [0.29, 0.717) is 5.82 Å². The maximum atomic E-state index is 6.11. The smallest absolute Gasteiger partial charge is 0.145 e. The predicted octanol–water partition coefficient (Wildman–Crippen LogP) is 3.70. The zero-order chi connectivity index (χ0) is 12.8. The van der Waals surface area contributed by atoms with Crippen molar-refractivity contribution in [2.75, 3.05) is 5.73 Å². The van der Waals surface area contributed by atoms with Crippen LogP contribution >= 0.6 is 11.6 Å². The van der Waals surface area contributed by atoms with Crippen molar-refractivity contribution in [2.45, 2.75) is 27.2 Å². The maximum Gasteiger partial charge on any atom is 0.145 e. The highest BCUT2D eigenvalue weighted by Crippen LogP contribution is 2.20. The molecule has 0 radical (unpaired) electrons. The molecule has 2 rings (SSSR count). The van der Waals surface area contributed by atoms with Crippen LogP contribution in [0.4, 0.5) is 5.82 Å². The van der Waals surface area contributed by atoms with E-state index in [2.05, 4.69) is 12.0 Å². The van der Waals surface area contributed by atoms with Gasteiger partial charge >= 0.3 is 0 Å². The number of halogens is 1. The first kappa shape index (κ1) is 13.6. The predicted molar refractivity (Wildman–Crippen MR) is 73.7 cm³/mol. The molecule has 0 aliphatic rings. The molecule has 1 aromatic carbocycles. The fraction of sp³-hybridized carbons (Fsp3) is 0.308. The number of aryl methyl sites for hydroxylation is 1. The summed E-state index contributed by atoms with van der Waals surface area (Å²) in [5.74, 6) is 0.505. The molecule has 1 heterocycles. The molecule has 0 amide bonds. The minimum Gasteiger partial charge on any atom is -0.382 e. The Bertz CT molecular complexity index is 477. The third kappa shape index (κ3) is 3.24. The van der Waals surface area contributed by atoms with Crippen LogP contribution in [0.25, 0.3) is 5.69 Å². The van der Waals surface area contributed by atoms with Gasteiger partial charge in [0.25, 0.3) is 0 Å². The van der Waals surface area contributed by atoms with Crippen molar-refractivity contribution in [1.82, 2.24) is 9.78 Å². The fourth-order valence-corrected chi connectivity index (χ4v) is 1.76. The first-order valence-corrected chi connectivity index (χ1v) is 6.18. The lowest BCUT2D eigenvalue weighted by Crippen LogP contribution is -1.97. The van der Waals surface area contributed by atoms with Crippen molar-refractivity contribution in [3.8, 4) is 5.69 Å². The lowest BCUT2D eigenvalue weighted by Gasteiger charge is -2.05. The van der Waals surface area contributed by atoms with Gasteiger partial charge in [0.1, 0.15) is 5.82 Å². The quantitative estimate of drug-likeness (QED) is 0.885. The summed E-state index contributed by atoms with van der Waals surface area (Å²) < 4.78 is 1.71. The summed E-state index contributed by atoms with van der Waals surface area (Å²) in [6.45, 7) is 6.08. The van der Waals surface area contributed by atoms with Gasteiger partial charge in [-0.3, -0.25) is 0 Å². The van der Waals surface area contributed by atoms with Crippen LogP contribution in [0.3, 0.4) is 0 Å². The Morgan fingerprint density at radius 3 is 2.47 bits per heavy atom. The van der Waals surface area contributed by atoms with Crippen molar-refractivity contribution in [1.29, 1.82) is 0 Å². The number of nitrogens with two attached hydrogens (primary N) is 1. The second kappa shape index (κ2) is 6.30. The van der Waals surface area contributed by atoms with E-state index in [1.165, 1.54) is 0 Å². The summed E-state index contributed by atoms with van der Waals surface area (Å²) in [6.07, 6.45) is 2.74. The minimum atomic E-state index is 0.505. The highest BCUT2D eigenvalue weighted by atomic mass is 35.5. The molecular formula is C13H18ClN3. The molecule has 2 N–H and O–H groups in total. The van der Waals surface area contributed by atoms with E-state index >= 15 is 0 Å². The zero-order valence-corrected chi connectivity index (χ0v) is 11.2. The van der Waals surface area contributed by atoms with Crippen molar-refractivity contribution in [3.63, 3.8) is 0 Å². The fourth-order valence-electron chi connectivity index (χ4n) is 1.45. The Morgan fingerprint density at radius 1 is 1.29 bits per heavy atom. The van der Waals surface area contributed by atoms with Gasteiger partial charge in [-0.15, -0.1) is 0 Å². The average Bonchev–Trinajstić information content (AvgIpc) is 2.78. The lowest BCUT2D eigenvalue weighted by atomic mass is 10.1. The molecule has 92 valence electrons. The van der Waals surface area contributed by atoms with Crippen LogP contribution in [0, 0.1) is 0 Å². The molecule has 0 saturated heterocycles. The van der Waals surface area contributed by atoms with Gasteiger partial charge in [0, 0.05) is 17.3 Å². The number of rotatable bonds is 2. The highest BCUT2D eigenvalue weighted by Gasteiger charge is 2.02. The Hall–Kier alpha value is -1.48. The lowest BCUT2D eigenvalue weighted by molar-refractivity contribution is 0.884. The number of nitrogen functional groups attached to an aromatic ring is 1. The Labute approximate surface area is 107 Å². The molecule has 17 heavy (non-hydrogen) atoms. The molecule has 0 atom stereocenters. The van der Waals surface area contributed by atoms with E-state index < -0.39 is 0 Å². The first-order valence-electron chi connectivity index (χ1n) is 5.80. The average molecular weight is 252 g/mol. The van der Waals surface area contributed by atoms with Crippen LogP contribution in [-0.2, 0) is 6.42 Å². The van der Waals surface area contributed by atoms with Gasteiger partial charge in [-0.2, -0.15) is 5.10 Å². The van der Waals surface area contributed by atoms with Crippen LogP contribution in [0.1, 0.15) is 26.3 Å². The number of benzene rings is 1. The van der Waals surface area contributed by atoms with E-state index in [9.17, 15) is 0 Å². The third-order valence-corrected chi connectivity index (χ3v) is 2.64. The summed E-state index contributed by atoms with van der Waals surface area (Å²) in [6, 6.07) is 7.64. The molecule has 0 unspecified atom stereocenters. The third-order valence-electron chi connectivity index (χ3n) is 2.29. The molecule has 4 heteroatoms. The van der Waals surface area contributed by atoms with E-state index in [1.54, 1.807) is 10.7 Å². The van der Waals surface area contributed by atoms with Gasteiger partial charge in [0.05, 0.1) is 5.69 Å². The van der Waals surface area contributed by atoms with Crippen LogP contribution in [0.15, 0.2) is 30.5 Å². The molecule has 3 nitrogen and oxygen atoms in total. The summed E-state index contributed by atoms with van der Waals surface area (Å²) in [5, 5.41) is 4.88. The second-order valence-electron chi connectivity index (χ2n) is 3.31. The molecule has 0 aliphatic heterocycles. The number of aromatic nitrogens is 2. The van der Waals surface area contributed by atoms with Crippen LogP contribution < -0.4 is 5.73 Å². The minimum absolute atomic E-state index is 0.505. The SMILES string of the molecule is CC.CCc1ccc(-n2ccc(N)n2)cc1Cl. The van der Waals surface area contributed by atoms with Crippen LogP contribution in [0.2, 0.25) is 5.02 Å². The Kier molecular flexibility index (Phi) is 5.04. The number of anilines is 1. The van der Waals surface area contributed by atoms with Crippen molar-refractivity contribution < 1.29 is 0 Å². The molecule has 0 aliphatic carbocycles. The topological polar surface area (TPSA) is 43.8 Å². The van der Waals surface area contributed by atoms with Crippen molar-refractivity contribution >= 4 is 17.4 Å². The van der Waals surface area contributed by atoms with E-state index in [4.69, 9.17) is 17.3 Å². The van der Waals surface area contributed by atoms with E-state index in [-0.39, 0.29) is 0 Å². The summed E-state index contributed by atoms with van der Waals surface area (Å²) >= 11 is 6.11. The molecule has 0 fully saturated rings. The van der Waals surface area contributed by atoms with Gasteiger partial charge in [-0.25, -0.2) is 4.68 Å². The van der Waals surface area contributed by atoms with E-state index in [0.717, 1.165) is 22.7 Å². The Morgan fingerprint density at radius 2 is 2.00 bits per heavy atom. The Balaban J connectivity index is 0.000000686. The molecule has 2 aromatic rings. The molecule has 0 spiro atoms. The van der Waals surface area contributed by atoms with Crippen molar-refractivity contribution in [3.05, 3.63) is 41.0 Å². The molecule has 0 bridgehead atoms. The zero-order valence-electron chi connectivity index (χ0n) is 10.4. The van der Waals surface area contributed by atoms with Gasteiger partial charge < -0.3 is 5.73 Å². The summed E-state index contributed by atoms with van der Waals surface area (Å²) in [7, 11) is 0. The van der Waals surface area contributed by atoms with Gasteiger partial charge in [-0.05, 0) is 24.1 Å². The molecular weight excluding hydrogens is 234 g/mol. The monoisotopic (exact) mass is 251 g/mol. The largest absolute Gasteiger partial charge is 0.382 e. The normalized spacial score (nSPS) is 9.65. The van der Waals surface area contributed by atoms with Gasteiger partial charge in [0.15, 0.2) is 0 Å². The standard InChI is InChI=1S/C11H12ClN3.C2H6/c1-2-8-3-4-9(7-10(8)12)15-6-5-11(13)14-15;1-2/h3-7H,2H2,1H3,(H2,13,14);1-2H3. The first-order chi connectivity index (χ1) is 8.20. The molecule has 1 aromatic heterocycles. The van der Waals surface area contributed by atoms with Crippen molar-refractivity contribution in [2.24, 2.45) is 0 Å². The number of hydrogen-bond donors (Lipinski definition) is 1. The van der Waals surface area contributed by atoms with Gasteiger partial charge in [0.2, 0.25) is 0 Å². The number of hydrogen-bond acceptors (Lipinski definition) is 2. The van der Waals surface area contributed by atoms with Crippen LogP contribution in [-0.4, -0.2) is 9.78 Å². The maximum absolute atomic E-state index is 6.11. The second-order valence-corrected chi connectivity index (χ2v) is 3.72. The highest BCUT2D eigenvalue weighted by molar-refractivity contribution is 6.31. The van der Waals surface area contributed by atoms with Gasteiger partial charge in [-0.1, -0.05) is 38.4 Å².